The predicted molar refractivity (Wildman–Crippen MR) is 145 cm³/mol. The second kappa shape index (κ2) is 12.4. The molecular formula is C30H60N2. The van der Waals surface area contributed by atoms with Gasteiger partial charge in [-0.1, -0.05) is 74.5 Å². The lowest BCUT2D eigenvalue weighted by molar-refractivity contribution is -0.0520. The minimum Gasteiger partial charge on any atom is -0.316 e. The molecule has 2 nitrogen and oxygen atoms in total. The fourth-order valence-electron chi connectivity index (χ4n) is 6.56. The summed E-state index contributed by atoms with van der Waals surface area (Å²) in [5, 5.41) is 3.85. The molecule has 0 aromatic rings. The molecule has 1 N–H and O–H groups in total. The van der Waals surface area contributed by atoms with Gasteiger partial charge in [-0.2, -0.15) is 0 Å². The largest absolute Gasteiger partial charge is 0.316 e. The van der Waals surface area contributed by atoms with Crippen LogP contribution in [0.25, 0.3) is 0 Å². The van der Waals surface area contributed by atoms with Crippen molar-refractivity contribution in [2.75, 3.05) is 20.6 Å². The molecule has 0 saturated heterocycles. The number of rotatable bonds is 12. The van der Waals surface area contributed by atoms with Crippen LogP contribution in [0.5, 0.6) is 0 Å². The fourth-order valence-corrected chi connectivity index (χ4v) is 6.56. The van der Waals surface area contributed by atoms with E-state index >= 15 is 0 Å². The third-order valence-corrected chi connectivity index (χ3v) is 9.60. The molecule has 1 aliphatic rings. The monoisotopic (exact) mass is 448 g/mol. The van der Waals surface area contributed by atoms with Crippen LogP contribution in [-0.2, 0) is 0 Å². The number of hydrogen-bond acceptors (Lipinski definition) is 2. The van der Waals surface area contributed by atoms with Gasteiger partial charge in [-0.05, 0) is 107 Å². The zero-order valence-electron chi connectivity index (χ0n) is 24.1. The molecule has 0 heterocycles. The first-order valence-corrected chi connectivity index (χ1v) is 13.7. The summed E-state index contributed by atoms with van der Waals surface area (Å²) in [6.45, 7) is 26.1. The minimum atomic E-state index is 0.205. The number of nitrogens with zero attached hydrogens (tertiary/aromatic N) is 1. The topological polar surface area (TPSA) is 15.3 Å². The lowest BCUT2D eigenvalue weighted by Gasteiger charge is -2.56. The Labute approximate surface area is 203 Å². The zero-order chi connectivity index (χ0) is 24.7. The Morgan fingerprint density at radius 2 is 1.47 bits per heavy atom. The van der Waals surface area contributed by atoms with Crippen molar-refractivity contribution in [3.8, 4) is 0 Å². The van der Waals surface area contributed by atoms with E-state index < -0.39 is 0 Å². The van der Waals surface area contributed by atoms with Gasteiger partial charge in [0.1, 0.15) is 0 Å². The first-order valence-electron chi connectivity index (χ1n) is 13.7. The SMILES string of the molecule is CCCN(C)C(C)C(C)C(CCC(C)(C)C)C(C)(C)C(C)(C)C(NC)C1CCC=CCC1. The average Bonchev–Trinajstić information content (AvgIpc) is 2.96. The average molecular weight is 449 g/mol. The van der Waals surface area contributed by atoms with Crippen LogP contribution in [0.4, 0.5) is 0 Å². The molecular weight excluding hydrogens is 388 g/mol. The van der Waals surface area contributed by atoms with Crippen LogP contribution in [0.3, 0.4) is 0 Å². The summed E-state index contributed by atoms with van der Waals surface area (Å²) in [5.41, 5.74) is 0.815. The molecule has 1 rings (SSSR count). The summed E-state index contributed by atoms with van der Waals surface area (Å²) in [7, 11) is 4.55. The van der Waals surface area contributed by atoms with Crippen LogP contribution in [-0.4, -0.2) is 37.6 Å². The lowest BCUT2D eigenvalue weighted by atomic mass is 9.52. The van der Waals surface area contributed by atoms with E-state index in [-0.39, 0.29) is 10.8 Å². The summed E-state index contributed by atoms with van der Waals surface area (Å²) in [6, 6.07) is 1.15. The molecule has 32 heavy (non-hydrogen) atoms. The van der Waals surface area contributed by atoms with Crippen molar-refractivity contribution >= 4 is 0 Å². The molecule has 0 saturated carbocycles. The van der Waals surface area contributed by atoms with Crippen molar-refractivity contribution in [1.29, 1.82) is 0 Å². The Kier molecular flexibility index (Phi) is 11.5. The summed E-state index contributed by atoms with van der Waals surface area (Å²) in [4.78, 5) is 2.60. The van der Waals surface area contributed by atoms with Gasteiger partial charge in [-0.15, -0.1) is 0 Å². The molecule has 4 atom stereocenters. The van der Waals surface area contributed by atoms with Crippen LogP contribution in [0.15, 0.2) is 12.2 Å². The summed E-state index contributed by atoms with van der Waals surface area (Å²) in [5.74, 6) is 2.10. The number of allylic oxidation sites excluding steroid dienone is 2. The van der Waals surface area contributed by atoms with Crippen LogP contribution in [0, 0.1) is 34.0 Å². The van der Waals surface area contributed by atoms with E-state index in [4.69, 9.17) is 0 Å². The van der Waals surface area contributed by atoms with Gasteiger partial charge >= 0.3 is 0 Å². The van der Waals surface area contributed by atoms with E-state index in [1.165, 1.54) is 51.5 Å². The highest BCUT2D eigenvalue weighted by atomic mass is 15.1. The molecule has 0 amide bonds. The third-order valence-electron chi connectivity index (χ3n) is 9.60. The molecule has 2 heteroatoms. The Morgan fingerprint density at radius 1 is 0.938 bits per heavy atom. The van der Waals surface area contributed by atoms with Gasteiger partial charge in [0.15, 0.2) is 0 Å². The predicted octanol–water partition coefficient (Wildman–Crippen LogP) is 8.18. The van der Waals surface area contributed by atoms with Crippen molar-refractivity contribution in [2.45, 2.75) is 126 Å². The number of hydrogen-bond donors (Lipinski definition) is 1. The fraction of sp³-hybridized carbons (Fsp3) is 0.933. The van der Waals surface area contributed by atoms with Crippen LogP contribution in [0.1, 0.15) is 114 Å². The van der Waals surface area contributed by atoms with E-state index in [0.717, 1.165) is 5.92 Å². The normalized spacial score (nSPS) is 20.8. The maximum Gasteiger partial charge on any atom is 0.0149 e. The minimum absolute atomic E-state index is 0.205. The molecule has 190 valence electrons. The highest BCUT2D eigenvalue weighted by molar-refractivity contribution is 5.03. The van der Waals surface area contributed by atoms with Crippen molar-refractivity contribution < 1.29 is 0 Å². The van der Waals surface area contributed by atoms with E-state index in [1.54, 1.807) is 0 Å². The summed E-state index contributed by atoms with van der Waals surface area (Å²) < 4.78 is 0. The van der Waals surface area contributed by atoms with Crippen molar-refractivity contribution in [1.82, 2.24) is 10.2 Å². The highest BCUT2D eigenvalue weighted by Gasteiger charge is 2.51. The Hall–Kier alpha value is -0.340. The Bertz CT molecular complexity index is 544. The molecule has 1 aliphatic carbocycles. The van der Waals surface area contributed by atoms with Crippen LogP contribution < -0.4 is 5.32 Å². The zero-order valence-corrected chi connectivity index (χ0v) is 24.1. The molecule has 4 unspecified atom stereocenters. The third kappa shape index (κ3) is 7.59. The van der Waals surface area contributed by atoms with Gasteiger partial charge in [-0.3, -0.25) is 0 Å². The van der Waals surface area contributed by atoms with Crippen molar-refractivity contribution in [2.24, 2.45) is 34.0 Å². The van der Waals surface area contributed by atoms with Gasteiger partial charge in [-0.25, -0.2) is 0 Å². The van der Waals surface area contributed by atoms with Crippen molar-refractivity contribution in [3.63, 3.8) is 0 Å². The van der Waals surface area contributed by atoms with E-state index in [9.17, 15) is 0 Å². The maximum atomic E-state index is 3.85. The lowest BCUT2D eigenvalue weighted by Crippen LogP contribution is -2.57. The first-order chi connectivity index (χ1) is 14.7. The molecule has 0 spiro atoms. The molecule has 0 aromatic carbocycles. The van der Waals surface area contributed by atoms with Crippen LogP contribution >= 0.6 is 0 Å². The number of nitrogens with one attached hydrogen (secondary N) is 1. The molecule has 0 aliphatic heterocycles. The van der Waals surface area contributed by atoms with E-state index in [1.807, 2.05) is 0 Å². The van der Waals surface area contributed by atoms with E-state index in [0.29, 0.717) is 29.3 Å². The molecule has 0 radical (unpaired) electrons. The second-order valence-corrected chi connectivity index (χ2v) is 13.4. The molecule has 0 aromatic heterocycles. The second-order valence-electron chi connectivity index (χ2n) is 13.4. The van der Waals surface area contributed by atoms with Gasteiger partial charge in [0.25, 0.3) is 0 Å². The Balaban J connectivity index is 3.29. The van der Waals surface area contributed by atoms with Gasteiger partial charge in [0, 0.05) is 12.1 Å². The van der Waals surface area contributed by atoms with Crippen LogP contribution in [0.2, 0.25) is 0 Å². The van der Waals surface area contributed by atoms with E-state index in [2.05, 4.69) is 106 Å². The highest BCUT2D eigenvalue weighted by Crippen LogP contribution is 2.54. The Morgan fingerprint density at radius 3 is 1.91 bits per heavy atom. The van der Waals surface area contributed by atoms with Gasteiger partial charge < -0.3 is 10.2 Å². The molecule has 0 bridgehead atoms. The quantitative estimate of drug-likeness (QED) is 0.303. The first kappa shape index (κ1) is 29.7. The molecule has 0 fully saturated rings. The summed E-state index contributed by atoms with van der Waals surface area (Å²) >= 11 is 0. The van der Waals surface area contributed by atoms with Gasteiger partial charge in [0.05, 0.1) is 0 Å². The van der Waals surface area contributed by atoms with Crippen molar-refractivity contribution in [3.05, 3.63) is 12.2 Å². The standard InChI is InChI=1S/C30H60N2/c1-13-22-32(12)24(3)23(2)26(20-21-28(4,5)6)29(7,8)30(9,10)27(31-11)25-18-16-14-15-17-19-25/h14-15,23-27,31H,13,16-22H2,1-12H3. The summed E-state index contributed by atoms with van der Waals surface area (Å²) in [6.07, 6.45) is 13.8. The maximum absolute atomic E-state index is 3.85. The van der Waals surface area contributed by atoms with Gasteiger partial charge in [0.2, 0.25) is 0 Å². The smallest absolute Gasteiger partial charge is 0.0149 e.